The standard InChI is InChI=1S/C10H23N3O4S2.ClH/c1-4-18(14,15)12-6-8-19(16,17)13-7-5-11-9(2)10(13)3;/h9-12H,4-8H2,1-3H3;1H. The molecule has 7 nitrogen and oxygen atoms in total. The molecular weight excluding hydrogens is 326 g/mol. The second kappa shape index (κ2) is 7.90. The van der Waals surface area contributed by atoms with E-state index in [0.29, 0.717) is 13.1 Å². The lowest BCUT2D eigenvalue weighted by Crippen LogP contribution is -2.57. The van der Waals surface area contributed by atoms with Crippen molar-refractivity contribution >= 4 is 32.5 Å². The van der Waals surface area contributed by atoms with Gasteiger partial charge in [-0.05, 0) is 20.8 Å². The van der Waals surface area contributed by atoms with E-state index in [9.17, 15) is 16.8 Å². The number of rotatable bonds is 6. The monoisotopic (exact) mass is 349 g/mol. The van der Waals surface area contributed by atoms with Gasteiger partial charge in [-0.25, -0.2) is 21.6 Å². The first-order valence-corrected chi connectivity index (χ1v) is 9.66. The molecule has 0 spiro atoms. The Labute approximate surface area is 128 Å². The Morgan fingerprint density at radius 1 is 1.25 bits per heavy atom. The first-order valence-electron chi connectivity index (χ1n) is 6.40. The van der Waals surface area contributed by atoms with Gasteiger partial charge in [-0.15, -0.1) is 12.4 Å². The summed E-state index contributed by atoms with van der Waals surface area (Å²) in [4.78, 5) is 0. The zero-order valence-electron chi connectivity index (χ0n) is 12.0. The molecule has 0 aromatic rings. The fraction of sp³-hybridized carbons (Fsp3) is 1.00. The van der Waals surface area contributed by atoms with E-state index < -0.39 is 20.0 Å². The van der Waals surface area contributed by atoms with Gasteiger partial charge < -0.3 is 5.32 Å². The van der Waals surface area contributed by atoms with E-state index >= 15 is 0 Å². The quantitative estimate of drug-likeness (QED) is 0.665. The molecule has 122 valence electrons. The summed E-state index contributed by atoms with van der Waals surface area (Å²) in [5, 5.41) is 3.21. The largest absolute Gasteiger partial charge is 0.311 e. The molecule has 1 fully saturated rings. The molecule has 20 heavy (non-hydrogen) atoms. The highest BCUT2D eigenvalue weighted by atomic mass is 35.5. The molecule has 0 aromatic carbocycles. The highest BCUT2D eigenvalue weighted by Crippen LogP contribution is 2.14. The molecule has 0 saturated carbocycles. The lowest BCUT2D eigenvalue weighted by Gasteiger charge is -2.37. The molecule has 1 heterocycles. The number of hydrogen-bond acceptors (Lipinski definition) is 5. The summed E-state index contributed by atoms with van der Waals surface area (Å²) in [6, 6.07) is -0.0302. The lowest BCUT2D eigenvalue weighted by atomic mass is 10.1. The average Bonchev–Trinajstić information content (AvgIpc) is 2.32. The van der Waals surface area contributed by atoms with E-state index in [2.05, 4.69) is 10.0 Å². The minimum Gasteiger partial charge on any atom is -0.311 e. The fourth-order valence-electron chi connectivity index (χ4n) is 1.96. The van der Waals surface area contributed by atoms with Crippen LogP contribution in [0.3, 0.4) is 0 Å². The van der Waals surface area contributed by atoms with Gasteiger partial charge in [-0.1, -0.05) is 0 Å². The number of nitrogens with one attached hydrogen (secondary N) is 2. The van der Waals surface area contributed by atoms with E-state index in [0.717, 1.165) is 0 Å². The minimum atomic E-state index is -3.43. The molecule has 1 aliphatic rings. The zero-order chi connectivity index (χ0) is 14.7. The van der Waals surface area contributed by atoms with Crippen molar-refractivity contribution in [2.75, 3.05) is 31.1 Å². The molecule has 0 radical (unpaired) electrons. The summed E-state index contributed by atoms with van der Waals surface area (Å²) in [5.74, 6) is -0.253. The zero-order valence-corrected chi connectivity index (χ0v) is 14.4. The van der Waals surface area contributed by atoms with Gasteiger partial charge in [0.1, 0.15) is 0 Å². The van der Waals surface area contributed by atoms with Gasteiger partial charge in [0.15, 0.2) is 0 Å². The SMILES string of the molecule is CCS(=O)(=O)NCCS(=O)(=O)N1CCNC(C)C1C.Cl. The number of sulfonamides is 2. The van der Waals surface area contributed by atoms with Crippen molar-refractivity contribution in [1.29, 1.82) is 0 Å². The molecule has 10 heteroatoms. The molecule has 1 rings (SSSR count). The van der Waals surface area contributed by atoms with Crippen molar-refractivity contribution in [3.8, 4) is 0 Å². The first kappa shape index (κ1) is 20.1. The number of piperazine rings is 1. The Balaban J connectivity index is 0.00000361. The Bertz CT molecular complexity index is 495. The predicted molar refractivity (Wildman–Crippen MR) is 82.1 cm³/mol. The fourth-order valence-corrected chi connectivity index (χ4v) is 4.36. The maximum Gasteiger partial charge on any atom is 0.215 e. The van der Waals surface area contributed by atoms with Crippen molar-refractivity contribution in [3.63, 3.8) is 0 Å². The Kier molecular flexibility index (Phi) is 7.93. The number of hydrogen-bond donors (Lipinski definition) is 2. The molecule has 0 aliphatic carbocycles. The second-order valence-corrected chi connectivity index (χ2v) is 8.84. The second-order valence-electron chi connectivity index (χ2n) is 4.71. The minimum absolute atomic E-state index is 0. The van der Waals surface area contributed by atoms with Gasteiger partial charge in [0, 0.05) is 31.7 Å². The van der Waals surface area contributed by atoms with Gasteiger partial charge in [-0.3, -0.25) is 0 Å². The van der Waals surface area contributed by atoms with Crippen LogP contribution in [-0.4, -0.2) is 64.4 Å². The third kappa shape index (κ3) is 5.45. The van der Waals surface area contributed by atoms with Crippen LogP contribution in [0, 0.1) is 0 Å². The van der Waals surface area contributed by atoms with Crippen molar-refractivity contribution in [3.05, 3.63) is 0 Å². The summed E-state index contributed by atoms with van der Waals surface area (Å²) in [5.41, 5.74) is 0. The van der Waals surface area contributed by atoms with Gasteiger partial charge in [0.2, 0.25) is 20.0 Å². The number of halogens is 1. The Morgan fingerprint density at radius 3 is 2.40 bits per heavy atom. The molecule has 1 saturated heterocycles. The average molecular weight is 350 g/mol. The van der Waals surface area contributed by atoms with Crippen molar-refractivity contribution in [1.82, 2.24) is 14.3 Å². The topological polar surface area (TPSA) is 95.6 Å². The van der Waals surface area contributed by atoms with Crippen molar-refractivity contribution < 1.29 is 16.8 Å². The molecule has 0 amide bonds. The van der Waals surface area contributed by atoms with E-state index in [4.69, 9.17) is 0 Å². The lowest BCUT2D eigenvalue weighted by molar-refractivity contribution is 0.233. The van der Waals surface area contributed by atoms with Crippen LogP contribution in [0.25, 0.3) is 0 Å². The van der Waals surface area contributed by atoms with Crippen LogP contribution in [0.4, 0.5) is 0 Å². The summed E-state index contributed by atoms with van der Waals surface area (Å²) in [6.07, 6.45) is 0. The third-order valence-corrected chi connectivity index (χ3v) is 6.75. The Hall–Kier alpha value is 0.0700. The predicted octanol–water partition coefficient (Wildman–Crippen LogP) is -0.640. The van der Waals surface area contributed by atoms with Crippen LogP contribution in [0.15, 0.2) is 0 Å². The van der Waals surface area contributed by atoms with Crippen LogP contribution in [0.5, 0.6) is 0 Å². The van der Waals surface area contributed by atoms with Crippen molar-refractivity contribution in [2.45, 2.75) is 32.9 Å². The molecule has 1 aliphatic heterocycles. The molecule has 2 atom stereocenters. The summed E-state index contributed by atoms with van der Waals surface area (Å²) < 4.78 is 50.6. The smallest absolute Gasteiger partial charge is 0.215 e. The summed E-state index contributed by atoms with van der Waals surface area (Å²) in [7, 11) is -6.77. The van der Waals surface area contributed by atoms with E-state index in [-0.39, 0.29) is 42.5 Å². The van der Waals surface area contributed by atoms with Crippen molar-refractivity contribution in [2.24, 2.45) is 0 Å². The highest BCUT2D eigenvalue weighted by Gasteiger charge is 2.32. The van der Waals surface area contributed by atoms with E-state index in [1.807, 2.05) is 13.8 Å². The van der Waals surface area contributed by atoms with Crippen LogP contribution < -0.4 is 10.0 Å². The van der Waals surface area contributed by atoms with Crippen LogP contribution >= 0.6 is 12.4 Å². The van der Waals surface area contributed by atoms with E-state index in [1.54, 1.807) is 0 Å². The summed E-state index contributed by atoms with van der Waals surface area (Å²) >= 11 is 0. The highest BCUT2D eigenvalue weighted by molar-refractivity contribution is 7.90. The molecule has 0 aromatic heterocycles. The van der Waals surface area contributed by atoms with Gasteiger partial charge in [-0.2, -0.15) is 4.31 Å². The normalized spacial score (nSPS) is 25.1. The van der Waals surface area contributed by atoms with Crippen LogP contribution in [0.1, 0.15) is 20.8 Å². The maximum atomic E-state index is 12.2. The number of nitrogens with zero attached hydrogens (tertiary/aromatic N) is 1. The van der Waals surface area contributed by atoms with Crippen LogP contribution in [0.2, 0.25) is 0 Å². The molecular formula is C10H24ClN3O4S2. The maximum absolute atomic E-state index is 12.2. The van der Waals surface area contributed by atoms with Crippen LogP contribution in [-0.2, 0) is 20.0 Å². The van der Waals surface area contributed by atoms with Gasteiger partial charge >= 0.3 is 0 Å². The summed E-state index contributed by atoms with van der Waals surface area (Å²) in [6.45, 7) is 6.26. The van der Waals surface area contributed by atoms with Gasteiger partial charge in [0.05, 0.1) is 11.5 Å². The third-order valence-electron chi connectivity index (χ3n) is 3.40. The van der Waals surface area contributed by atoms with Gasteiger partial charge in [0.25, 0.3) is 0 Å². The first-order chi connectivity index (χ1) is 8.69. The van der Waals surface area contributed by atoms with E-state index in [1.165, 1.54) is 11.2 Å². The molecule has 0 bridgehead atoms. The molecule has 2 unspecified atom stereocenters. The Morgan fingerprint density at radius 2 is 1.85 bits per heavy atom. The molecule has 2 N–H and O–H groups in total.